The van der Waals surface area contributed by atoms with E-state index in [2.05, 4.69) is 0 Å². The molecule has 0 spiro atoms. The second-order valence-electron chi connectivity index (χ2n) is 6.65. The highest BCUT2D eigenvalue weighted by atomic mass is 35.5. The lowest BCUT2D eigenvalue weighted by atomic mass is 9.93. The van der Waals surface area contributed by atoms with Crippen LogP contribution in [0.5, 0.6) is 0 Å². The van der Waals surface area contributed by atoms with Gasteiger partial charge in [0, 0.05) is 22.5 Å². The minimum absolute atomic E-state index is 0.0202. The second kappa shape index (κ2) is 6.93. The molecule has 3 nitrogen and oxygen atoms in total. The van der Waals surface area contributed by atoms with Crippen LogP contribution in [0.4, 0.5) is 0 Å². The third-order valence-corrected chi connectivity index (χ3v) is 6.93. The first-order chi connectivity index (χ1) is 12.2. The van der Waals surface area contributed by atoms with Crippen LogP contribution >= 0.6 is 11.6 Å². The molecule has 1 aromatic heterocycles. The lowest BCUT2D eigenvalue weighted by Crippen LogP contribution is -2.12. The molecular weight excluding hydrogens is 366 g/mol. The molecule has 0 fully saturated rings. The number of aryl methyl sites for hydroxylation is 1. The van der Waals surface area contributed by atoms with Gasteiger partial charge in [-0.2, -0.15) is 0 Å². The molecule has 0 radical (unpaired) electrons. The monoisotopic (exact) mass is 387 g/mol. The van der Waals surface area contributed by atoms with Crippen molar-refractivity contribution in [2.75, 3.05) is 0 Å². The van der Waals surface area contributed by atoms with Gasteiger partial charge in [0.2, 0.25) is 0 Å². The quantitative estimate of drug-likeness (QED) is 0.565. The summed E-state index contributed by atoms with van der Waals surface area (Å²) in [4.78, 5) is 0.281. The predicted molar refractivity (Wildman–Crippen MR) is 108 cm³/mol. The number of benzene rings is 2. The van der Waals surface area contributed by atoms with Crippen molar-refractivity contribution in [1.82, 2.24) is 3.97 Å². The van der Waals surface area contributed by atoms with Crippen molar-refractivity contribution >= 4 is 32.5 Å². The third kappa shape index (κ3) is 3.19. The Morgan fingerprint density at radius 2 is 1.65 bits per heavy atom. The molecule has 5 heteroatoms. The maximum atomic E-state index is 13.2. The van der Waals surface area contributed by atoms with Gasteiger partial charge in [0.1, 0.15) is 0 Å². The first-order valence-corrected chi connectivity index (χ1v) is 10.3. The van der Waals surface area contributed by atoms with Crippen molar-refractivity contribution in [3.8, 4) is 0 Å². The Labute approximate surface area is 160 Å². The fourth-order valence-corrected chi connectivity index (χ4v) is 4.62. The molecule has 2 aromatic carbocycles. The summed E-state index contributed by atoms with van der Waals surface area (Å²) in [5.41, 5.74) is 3.68. The fourth-order valence-electron chi connectivity index (χ4n) is 3.07. The molecule has 0 N–H and O–H groups in total. The zero-order valence-corrected chi connectivity index (χ0v) is 16.9. The summed E-state index contributed by atoms with van der Waals surface area (Å²) >= 11 is 6.19. The van der Waals surface area contributed by atoms with Crippen LogP contribution in [-0.2, 0) is 10.0 Å². The number of fused-ring (bicyclic) bond motifs is 1. The zero-order chi connectivity index (χ0) is 19.1. The minimum atomic E-state index is -3.67. The van der Waals surface area contributed by atoms with Crippen LogP contribution in [0.15, 0.2) is 70.2 Å². The van der Waals surface area contributed by atoms with Gasteiger partial charge in [-0.25, -0.2) is 12.4 Å². The average Bonchev–Trinajstić information content (AvgIpc) is 3.01. The molecule has 1 atom stereocenters. The van der Waals surface area contributed by atoms with Gasteiger partial charge < -0.3 is 0 Å². The molecule has 136 valence electrons. The number of halogens is 1. The third-order valence-electron chi connectivity index (χ3n) is 4.95. The predicted octanol–water partition coefficient (Wildman–Crippen LogP) is 5.82. The van der Waals surface area contributed by atoms with Crippen LogP contribution in [0.1, 0.15) is 37.8 Å². The van der Waals surface area contributed by atoms with Gasteiger partial charge in [-0.3, -0.25) is 0 Å². The molecule has 0 amide bonds. The molecule has 0 aliphatic carbocycles. The molecule has 0 aliphatic rings. The first-order valence-electron chi connectivity index (χ1n) is 8.48. The highest BCUT2D eigenvalue weighted by Gasteiger charge is 2.23. The maximum absolute atomic E-state index is 13.2. The molecular formula is C21H22ClNO2S. The molecule has 1 heterocycles. The summed E-state index contributed by atoms with van der Waals surface area (Å²) in [5, 5.41) is 1.66. The van der Waals surface area contributed by atoms with E-state index < -0.39 is 10.0 Å². The van der Waals surface area contributed by atoms with Gasteiger partial charge in [0.05, 0.1) is 10.4 Å². The van der Waals surface area contributed by atoms with E-state index in [9.17, 15) is 8.42 Å². The zero-order valence-electron chi connectivity index (χ0n) is 15.3. The van der Waals surface area contributed by atoms with Crippen molar-refractivity contribution in [3.63, 3.8) is 0 Å². The number of para-hydroxylation sites is 1. The number of hydrogen-bond acceptors (Lipinski definition) is 2. The second-order valence-corrected chi connectivity index (χ2v) is 9.04. The maximum Gasteiger partial charge on any atom is 0.268 e. The smallest absolute Gasteiger partial charge is 0.241 e. The van der Waals surface area contributed by atoms with E-state index in [1.165, 1.54) is 3.97 Å². The summed E-state index contributed by atoms with van der Waals surface area (Å²) in [6.45, 7) is 7.82. The van der Waals surface area contributed by atoms with Crippen molar-refractivity contribution in [2.24, 2.45) is 0 Å². The summed E-state index contributed by atoms with van der Waals surface area (Å²) < 4.78 is 27.8. The van der Waals surface area contributed by atoms with Crippen molar-refractivity contribution in [1.29, 1.82) is 0 Å². The Hall–Kier alpha value is -2.04. The van der Waals surface area contributed by atoms with Crippen molar-refractivity contribution < 1.29 is 8.42 Å². The van der Waals surface area contributed by atoms with E-state index in [4.69, 9.17) is 11.6 Å². The normalized spacial score (nSPS) is 14.3. The summed E-state index contributed by atoms with van der Waals surface area (Å²) in [6.07, 6.45) is 1.73. The number of aromatic nitrogens is 1. The van der Waals surface area contributed by atoms with Crippen LogP contribution in [-0.4, -0.2) is 12.4 Å². The van der Waals surface area contributed by atoms with E-state index in [1.54, 1.807) is 18.3 Å². The molecule has 0 aliphatic heterocycles. The highest BCUT2D eigenvalue weighted by molar-refractivity contribution is 7.90. The van der Waals surface area contributed by atoms with Crippen LogP contribution in [0.25, 0.3) is 10.9 Å². The molecule has 0 saturated heterocycles. The van der Waals surface area contributed by atoms with E-state index >= 15 is 0 Å². The van der Waals surface area contributed by atoms with E-state index in [0.29, 0.717) is 5.52 Å². The lowest BCUT2D eigenvalue weighted by Gasteiger charge is -2.12. The summed E-state index contributed by atoms with van der Waals surface area (Å²) in [7, 11) is -3.67. The average molecular weight is 388 g/mol. The fraction of sp³-hybridized carbons (Fsp3) is 0.238. The van der Waals surface area contributed by atoms with Crippen LogP contribution < -0.4 is 0 Å². The Kier molecular flexibility index (Phi) is 5.00. The van der Waals surface area contributed by atoms with Gasteiger partial charge in [-0.05, 0) is 44.5 Å². The number of nitrogens with zero attached hydrogens (tertiary/aromatic N) is 1. The Bertz CT molecular complexity index is 1090. The molecule has 0 unspecified atom stereocenters. The molecule has 3 aromatic rings. The standard InChI is InChI=1S/C21H22ClNO2S/c1-14-9-11-18(12-10-14)26(24,25)23-13-20(16(3)15(2)17(4)22)19-7-5-6-8-21(19)23/h5-13,16H,1-4H3/b17-15+/t16-/m0/s1. The van der Waals surface area contributed by atoms with Crippen molar-refractivity contribution in [2.45, 2.75) is 38.5 Å². The van der Waals surface area contributed by atoms with Gasteiger partial charge in [0.15, 0.2) is 0 Å². The van der Waals surface area contributed by atoms with E-state index in [-0.39, 0.29) is 10.8 Å². The molecule has 3 rings (SSSR count). The van der Waals surface area contributed by atoms with Gasteiger partial charge in [0.25, 0.3) is 10.0 Å². The summed E-state index contributed by atoms with van der Waals surface area (Å²) in [5.74, 6) is 0.0202. The van der Waals surface area contributed by atoms with Gasteiger partial charge in [-0.1, -0.05) is 60.0 Å². The first kappa shape index (κ1) is 18.7. The minimum Gasteiger partial charge on any atom is -0.241 e. The Morgan fingerprint density at radius 1 is 1.04 bits per heavy atom. The SMILES string of the molecule is C/C(Cl)=C(/C)[C@H](C)c1cn(S(=O)(=O)c2ccc(C)cc2)c2ccccc12. The lowest BCUT2D eigenvalue weighted by molar-refractivity contribution is 0.589. The van der Waals surface area contributed by atoms with Crippen LogP contribution in [0.3, 0.4) is 0 Å². The van der Waals surface area contributed by atoms with Crippen molar-refractivity contribution in [3.05, 3.63) is 76.5 Å². The topological polar surface area (TPSA) is 39.1 Å². The molecule has 0 bridgehead atoms. The van der Waals surface area contributed by atoms with Gasteiger partial charge >= 0.3 is 0 Å². The van der Waals surface area contributed by atoms with E-state index in [1.807, 2.05) is 64.1 Å². The highest BCUT2D eigenvalue weighted by Crippen LogP contribution is 2.35. The molecule has 0 saturated carbocycles. The number of allylic oxidation sites excluding steroid dienone is 2. The van der Waals surface area contributed by atoms with Gasteiger partial charge in [-0.15, -0.1) is 0 Å². The Balaban J connectivity index is 2.25. The largest absolute Gasteiger partial charge is 0.268 e. The molecule has 26 heavy (non-hydrogen) atoms. The summed E-state index contributed by atoms with van der Waals surface area (Å²) in [6, 6.07) is 14.5. The van der Waals surface area contributed by atoms with E-state index in [0.717, 1.165) is 27.1 Å². The van der Waals surface area contributed by atoms with Crippen LogP contribution in [0.2, 0.25) is 0 Å². The Morgan fingerprint density at radius 3 is 2.27 bits per heavy atom. The van der Waals surface area contributed by atoms with Crippen LogP contribution in [0, 0.1) is 6.92 Å². The number of hydrogen-bond donors (Lipinski definition) is 0. The number of rotatable bonds is 4.